The largest absolute Gasteiger partial charge is 0.492 e. The molecule has 0 aliphatic carbocycles. The molecule has 0 radical (unpaired) electrons. The minimum atomic E-state index is -0.478. The highest BCUT2D eigenvalue weighted by Gasteiger charge is 2.18. The molecule has 37 heavy (non-hydrogen) atoms. The lowest BCUT2D eigenvalue weighted by Gasteiger charge is -2.22. The quantitative estimate of drug-likeness (QED) is 0.405. The van der Waals surface area contributed by atoms with Crippen molar-refractivity contribution in [2.45, 2.75) is 53.1 Å². The van der Waals surface area contributed by atoms with Gasteiger partial charge in [0.05, 0.1) is 10.8 Å². The van der Waals surface area contributed by atoms with Crippen LogP contribution in [0.25, 0.3) is 12.4 Å². The number of likely N-dealkylation sites (N-methyl/N-ethyl adjacent to an activating group) is 1. The van der Waals surface area contributed by atoms with E-state index in [0.717, 1.165) is 6.54 Å². The summed E-state index contributed by atoms with van der Waals surface area (Å²) in [5, 5.41) is 6.75. The van der Waals surface area contributed by atoms with Crippen LogP contribution in [0.1, 0.15) is 47.5 Å². The third-order valence-electron chi connectivity index (χ3n) is 5.39. The van der Waals surface area contributed by atoms with Gasteiger partial charge in [0.25, 0.3) is 0 Å². The summed E-state index contributed by atoms with van der Waals surface area (Å²) in [5.41, 5.74) is 1.00. The molecule has 2 N–H and O–H groups in total. The summed E-state index contributed by atoms with van der Waals surface area (Å²) >= 11 is 0. The summed E-state index contributed by atoms with van der Waals surface area (Å²) < 4.78 is 26.0. The number of aliphatic imine (C=N–C) groups is 1. The summed E-state index contributed by atoms with van der Waals surface area (Å²) in [7, 11) is 5.52. The zero-order chi connectivity index (χ0) is 28.0. The standard InChI is InChI=1S/C27H37FN4O3.C2H6/c1-8-29-26(25-19(2)17-22(18-23(25)28)35-16-15-32(5)6)31-21-11-9-20(10-12-21)30-24(33)13-14-27(3,4)34-7;1-2/h8-12,17-18,31H,2,13-16H2,1,3-7H3,(H,30,33);1-2H3/b26-25-,29-8-;. The van der Waals surface area contributed by atoms with Crippen molar-refractivity contribution in [3.8, 4) is 5.75 Å². The van der Waals surface area contributed by atoms with Gasteiger partial charge in [0.15, 0.2) is 0 Å². The molecule has 0 bridgehead atoms. The fourth-order valence-electron chi connectivity index (χ4n) is 3.13. The van der Waals surface area contributed by atoms with Gasteiger partial charge < -0.3 is 25.0 Å². The molecule has 0 aromatic heterocycles. The molecule has 2 aromatic carbocycles. The van der Waals surface area contributed by atoms with Gasteiger partial charge in [-0.1, -0.05) is 20.4 Å². The first kappa shape index (κ1) is 31.8. The number of ether oxygens (including phenoxy) is 2. The monoisotopic (exact) mass is 514 g/mol. The maximum Gasteiger partial charge on any atom is 0.224 e. The molecule has 2 rings (SSSR count). The van der Waals surface area contributed by atoms with Crippen LogP contribution in [0.3, 0.4) is 0 Å². The van der Waals surface area contributed by atoms with Crippen LogP contribution >= 0.6 is 0 Å². The molecular weight excluding hydrogens is 471 g/mol. The Kier molecular flexibility index (Phi) is 13.6. The zero-order valence-electron chi connectivity index (χ0n) is 23.6. The summed E-state index contributed by atoms with van der Waals surface area (Å²) in [4.78, 5) is 18.6. The number of nitrogens with zero attached hydrogens (tertiary/aromatic N) is 2. The average molecular weight is 515 g/mol. The molecule has 1 amide bonds. The lowest BCUT2D eigenvalue weighted by Crippen LogP contribution is -2.31. The van der Waals surface area contributed by atoms with Gasteiger partial charge in [-0.15, -0.1) is 0 Å². The Hall–Kier alpha value is -3.23. The number of methoxy groups -OCH3 is 1. The molecule has 0 aliphatic heterocycles. The van der Waals surface area contributed by atoms with E-state index in [1.165, 1.54) is 6.07 Å². The van der Waals surface area contributed by atoms with E-state index in [2.05, 4.69) is 22.2 Å². The minimum Gasteiger partial charge on any atom is -0.492 e. The maximum atomic E-state index is 15.0. The molecule has 204 valence electrons. The van der Waals surface area contributed by atoms with Gasteiger partial charge in [0, 0.05) is 43.7 Å². The summed E-state index contributed by atoms with van der Waals surface area (Å²) in [6.45, 7) is 14.8. The van der Waals surface area contributed by atoms with Crippen LogP contribution in [0.15, 0.2) is 41.4 Å². The first-order chi connectivity index (χ1) is 17.5. The molecule has 2 aromatic rings. The van der Waals surface area contributed by atoms with Crippen molar-refractivity contribution in [2.75, 3.05) is 45.0 Å². The third kappa shape index (κ3) is 11.1. The molecule has 0 fully saturated rings. The Balaban J connectivity index is 0.00000334. The predicted molar refractivity (Wildman–Crippen MR) is 153 cm³/mol. The molecular formula is C29H43FN4O3. The Morgan fingerprint density at radius 3 is 2.24 bits per heavy atom. The first-order valence-electron chi connectivity index (χ1n) is 12.6. The van der Waals surface area contributed by atoms with Crippen molar-refractivity contribution in [3.05, 3.63) is 52.7 Å². The van der Waals surface area contributed by atoms with E-state index in [9.17, 15) is 4.79 Å². The Morgan fingerprint density at radius 1 is 1.14 bits per heavy atom. The summed E-state index contributed by atoms with van der Waals surface area (Å²) in [5.74, 6) is 0.184. The van der Waals surface area contributed by atoms with Crippen LogP contribution in [0.5, 0.6) is 5.75 Å². The van der Waals surface area contributed by atoms with E-state index in [0.29, 0.717) is 47.6 Å². The fourth-order valence-corrected chi connectivity index (χ4v) is 3.13. The van der Waals surface area contributed by atoms with Crippen molar-refractivity contribution in [1.29, 1.82) is 0 Å². The van der Waals surface area contributed by atoms with Gasteiger partial charge in [-0.3, -0.25) is 4.79 Å². The number of nitrogens with one attached hydrogen (secondary N) is 2. The second-order valence-corrected chi connectivity index (χ2v) is 9.04. The number of rotatable bonds is 12. The van der Waals surface area contributed by atoms with Gasteiger partial charge in [0.1, 0.15) is 24.0 Å². The van der Waals surface area contributed by atoms with Crippen LogP contribution in [0, 0.1) is 5.82 Å². The number of carbonyl (C=O) groups is 1. The molecule has 0 saturated carbocycles. The van der Waals surface area contributed by atoms with Gasteiger partial charge in [-0.05, 0) is 76.8 Å². The Morgan fingerprint density at radius 2 is 1.73 bits per heavy atom. The predicted octanol–water partition coefficient (Wildman–Crippen LogP) is 4.61. The first-order valence-corrected chi connectivity index (χ1v) is 12.6. The van der Waals surface area contributed by atoms with E-state index in [4.69, 9.17) is 9.47 Å². The van der Waals surface area contributed by atoms with Crippen LogP contribution in [0.2, 0.25) is 0 Å². The van der Waals surface area contributed by atoms with Crippen molar-refractivity contribution < 1.29 is 18.7 Å². The highest BCUT2D eigenvalue weighted by atomic mass is 19.1. The molecule has 0 atom stereocenters. The van der Waals surface area contributed by atoms with Gasteiger partial charge in [-0.25, -0.2) is 9.38 Å². The molecule has 0 spiro atoms. The third-order valence-corrected chi connectivity index (χ3v) is 5.39. The van der Waals surface area contributed by atoms with Crippen LogP contribution in [-0.2, 0) is 9.53 Å². The number of benzene rings is 2. The average Bonchev–Trinajstić information content (AvgIpc) is 2.85. The smallest absolute Gasteiger partial charge is 0.224 e. The molecule has 0 unspecified atom stereocenters. The second-order valence-electron chi connectivity index (χ2n) is 9.04. The lowest BCUT2D eigenvalue weighted by molar-refractivity contribution is -0.117. The lowest BCUT2D eigenvalue weighted by atomic mass is 10.0. The van der Waals surface area contributed by atoms with Crippen molar-refractivity contribution in [3.63, 3.8) is 0 Å². The van der Waals surface area contributed by atoms with Crippen LogP contribution in [-0.4, -0.2) is 57.0 Å². The number of halogens is 1. The van der Waals surface area contributed by atoms with Gasteiger partial charge in [-0.2, -0.15) is 0 Å². The zero-order valence-corrected chi connectivity index (χ0v) is 23.6. The van der Waals surface area contributed by atoms with E-state index < -0.39 is 5.82 Å². The molecule has 0 aliphatic rings. The molecule has 0 heterocycles. The maximum absolute atomic E-state index is 15.0. The van der Waals surface area contributed by atoms with E-state index in [1.807, 2.05) is 46.7 Å². The molecule has 7 nitrogen and oxygen atoms in total. The highest BCUT2D eigenvalue weighted by molar-refractivity contribution is 5.91. The summed E-state index contributed by atoms with van der Waals surface area (Å²) in [6, 6.07) is 10.2. The van der Waals surface area contributed by atoms with E-state index >= 15 is 4.39 Å². The number of hydrogen-bond donors (Lipinski definition) is 2. The van der Waals surface area contributed by atoms with E-state index in [1.54, 1.807) is 50.6 Å². The van der Waals surface area contributed by atoms with Crippen LogP contribution in [0.4, 0.5) is 15.8 Å². The minimum absolute atomic E-state index is 0.0877. The summed E-state index contributed by atoms with van der Waals surface area (Å²) in [6.07, 6.45) is 2.55. The highest BCUT2D eigenvalue weighted by Crippen LogP contribution is 2.19. The van der Waals surface area contributed by atoms with Gasteiger partial charge in [0.2, 0.25) is 5.91 Å². The number of hydrogen-bond acceptors (Lipinski definition) is 6. The van der Waals surface area contributed by atoms with Crippen molar-refractivity contribution in [2.24, 2.45) is 4.99 Å². The Labute approximate surface area is 221 Å². The van der Waals surface area contributed by atoms with Crippen molar-refractivity contribution in [1.82, 2.24) is 4.90 Å². The van der Waals surface area contributed by atoms with Crippen molar-refractivity contribution >= 4 is 35.9 Å². The van der Waals surface area contributed by atoms with Crippen LogP contribution < -0.4 is 25.8 Å². The number of carbonyl (C=O) groups excluding carboxylic acids is 1. The number of amides is 1. The number of anilines is 2. The molecule has 8 heteroatoms. The topological polar surface area (TPSA) is 75.2 Å². The van der Waals surface area contributed by atoms with E-state index in [-0.39, 0.29) is 16.7 Å². The Bertz CT molecular complexity index is 1130. The molecule has 0 saturated heterocycles. The SMILES string of the molecule is C=c1cc(OCCN(C)C)cc(F)/c1=C(/N=C\C)Nc1ccc(NC(=O)CCC(C)(C)OC)cc1.CC. The normalized spacial score (nSPS) is 12.2. The fraction of sp³-hybridized carbons (Fsp3) is 0.448. The second kappa shape index (κ2) is 15.8. The van der Waals surface area contributed by atoms with Gasteiger partial charge >= 0.3 is 0 Å².